The van der Waals surface area contributed by atoms with Crippen molar-refractivity contribution in [3.05, 3.63) is 41.0 Å². The van der Waals surface area contributed by atoms with Crippen molar-refractivity contribution >= 4 is 29.9 Å². The van der Waals surface area contributed by atoms with Gasteiger partial charge in [-0.05, 0) is 49.8 Å². The first-order valence-corrected chi connectivity index (χ1v) is 8.86. The molecule has 1 aromatic carbocycles. The van der Waals surface area contributed by atoms with Crippen LogP contribution in [0.2, 0.25) is 0 Å². The first-order chi connectivity index (χ1) is 12.2. The van der Waals surface area contributed by atoms with Crippen LogP contribution in [0.25, 0.3) is 0 Å². The summed E-state index contributed by atoms with van der Waals surface area (Å²) in [6.45, 7) is 3.80. The number of rotatable bonds is 5. The number of aliphatic imine (C=N–C) groups is 1. The molecule has 142 valence electrons. The molecule has 8 heteroatoms. The van der Waals surface area contributed by atoms with Crippen LogP contribution in [-0.4, -0.2) is 32.4 Å². The second kappa shape index (κ2) is 9.75. The molecule has 3 rings (SSSR count). The number of hydrogen-bond donors (Lipinski definition) is 3. The molecule has 1 heterocycles. The van der Waals surface area contributed by atoms with Crippen LogP contribution >= 0.6 is 24.0 Å². The Morgan fingerprint density at radius 3 is 2.81 bits per heavy atom. The molecule has 0 bridgehead atoms. The van der Waals surface area contributed by atoms with Gasteiger partial charge in [0.25, 0.3) is 0 Å². The van der Waals surface area contributed by atoms with Gasteiger partial charge in [-0.15, -0.1) is 24.0 Å². The summed E-state index contributed by atoms with van der Waals surface area (Å²) in [7, 11) is 1.86. The summed E-state index contributed by atoms with van der Waals surface area (Å²) < 4.78 is 1.73. The van der Waals surface area contributed by atoms with E-state index >= 15 is 0 Å². The maximum atomic E-state index is 10.3. The van der Waals surface area contributed by atoms with Crippen molar-refractivity contribution in [2.75, 3.05) is 6.54 Å². The number of nitrogens with one attached hydrogen (secondary N) is 2. The number of guanidine groups is 1. The van der Waals surface area contributed by atoms with E-state index in [0.29, 0.717) is 24.8 Å². The summed E-state index contributed by atoms with van der Waals surface area (Å²) in [5, 5.41) is 20.9. The number of hydrogen-bond acceptors (Lipinski definition) is 4. The molecule has 26 heavy (non-hydrogen) atoms. The zero-order chi connectivity index (χ0) is 17.6. The molecule has 0 saturated heterocycles. The summed E-state index contributed by atoms with van der Waals surface area (Å²) in [4.78, 5) is 8.86. The molecule has 0 saturated carbocycles. The number of halogens is 1. The third-order valence-electron chi connectivity index (χ3n) is 4.58. The van der Waals surface area contributed by atoms with Crippen molar-refractivity contribution in [3.8, 4) is 5.75 Å². The van der Waals surface area contributed by atoms with Gasteiger partial charge in [0, 0.05) is 19.2 Å². The summed E-state index contributed by atoms with van der Waals surface area (Å²) in [6.07, 6.45) is 6.06. The molecule has 2 aromatic rings. The largest absolute Gasteiger partial charge is 0.508 e. The molecule has 7 nitrogen and oxygen atoms in total. The molecule has 0 spiro atoms. The van der Waals surface area contributed by atoms with Gasteiger partial charge >= 0.3 is 0 Å². The monoisotopic (exact) mass is 470 g/mol. The van der Waals surface area contributed by atoms with Gasteiger partial charge in [-0.1, -0.05) is 6.07 Å². The fraction of sp³-hybridized carbons (Fsp3) is 0.500. The van der Waals surface area contributed by atoms with Gasteiger partial charge in [0.15, 0.2) is 5.96 Å². The minimum Gasteiger partial charge on any atom is -0.508 e. The number of aromatic hydroxyl groups is 1. The number of aryl methyl sites for hydroxylation is 2. The van der Waals surface area contributed by atoms with Crippen LogP contribution in [0.15, 0.2) is 23.5 Å². The third-order valence-corrected chi connectivity index (χ3v) is 4.58. The van der Waals surface area contributed by atoms with E-state index < -0.39 is 0 Å². The molecule has 1 aliphatic rings. The number of nitrogens with zero attached hydrogens (tertiary/aromatic N) is 4. The minimum atomic E-state index is 0. The Morgan fingerprint density at radius 2 is 2.08 bits per heavy atom. The van der Waals surface area contributed by atoms with Gasteiger partial charge in [-0.3, -0.25) is 4.68 Å². The lowest BCUT2D eigenvalue weighted by Crippen LogP contribution is -2.37. The molecule has 1 aromatic heterocycles. The average Bonchev–Trinajstić information content (AvgIpc) is 3.03. The number of phenolic OH excluding ortho intramolecular Hbond substituents is 1. The molecular formula is C18H27IN6O. The highest BCUT2D eigenvalue weighted by Crippen LogP contribution is 2.30. The molecule has 1 aliphatic carbocycles. The normalized spacial score (nSPS) is 13.7. The Bertz CT molecular complexity index is 758. The molecule has 0 unspecified atom stereocenters. The number of phenols is 1. The van der Waals surface area contributed by atoms with Crippen molar-refractivity contribution in [1.29, 1.82) is 0 Å². The second-order valence-corrected chi connectivity index (χ2v) is 6.26. The highest BCUT2D eigenvalue weighted by atomic mass is 127. The average molecular weight is 470 g/mol. The van der Waals surface area contributed by atoms with Crippen LogP contribution in [0.1, 0.15) is 42.3 Å². The lowest BCUT2D eigenvalue weighted by molar-refractivity contribution is 0.465. The van der Waals surface area contributed by atoms with E-state index in [2.05, 4.69) is 31.8 Å². The molecule has 3 N–H and O–H groups in total. The number of fused-ring (bicyclic) bond motifs is 1. The Balaban J connectivity index is 0.00000243. The van der Waals surface area contributed by atoms with Gasteiger partial charge in [0.1, 0.15) is 17.9 Å². The van der Waals surface area contributed by atoms with Crippen LogP contribution in [0.4, 0.5) is 0 Å². The fourth-order valence-corrected chi connectivity index (χ4v) is 3.21. The molecule has 0 radical (unpaired) electrons. The van der Waals surface area contributed by atoms with Crippen molar-refractivity contribution in [2.45, 2.75) is 45.7 Å². The quantitative estimate of drug-likeness (QED) is 0.355. The third kappa shape index (κ3) is 4.87. The smallest absolute Gasteiger partial charge is 0.191 e. The lowest BCUT2D eigenvalue weighted by atomic mass is 9.88. The van der Waals surface area contributed by atoms with Crippen LogP contribution in [0.5, 0.6) is 5.75 Å². The topological polar surface area (TPSA) is 87.4 Å². The molecule has 0 aliphatic heterocycles. The van der Waals surface area contributed by atoms with E-state index in [1.807, 2.05) is 14.0 Å². The van der Waals surface area contributed by atoms with E-state index in [9.17, 15) is 5.11 Å². The Kier molecular flexibility index (Phi) is 7.67. The predicted octanol–water partition coefficient (Wildman–Crippen LogP) is 2.27. The first-order valence-electron chi connectivity index (χ1n) is 8.86. The first kappa shape index (κ1) is 20.5. The van der Waals surface area contributed by atoms with E-state index in [1.165, 1.54) is 30.3 Å². The van der Waals surface area contributed by atoms with Crippen molar-refractivity contribution in [3.63, 3.8) is 0 Å². The van der Waals surface area contributed by atoms with E-state index in [0.717, 1.165) is 30.8 Å². The molecular weight excluding hydrogens is 443 g/mol. The zero-order valence-electron chi connectivity index (χ0n) is 15.3. The van der Waals surface area contributed by atoms with Crippen LogP contribution in [-0.2, 0) is 33.0 Å². The van der Waals surface area contributed by atoms with Gasteiger partial charge < -0.3 is 15.7 Å². The Labute approximate surface area is 171 Å². The minimum absolute atomic E-state index is 0. The molecule has 0 fully saturated rings. The maximum Gasteiger partial charge on any atom is 0.191 e. The van der Waals surface area contributed by atoms with Gasteiger partial charge in [-0.2, -0.15) is 5.10 Å². The lowest BCUT2D eigenvalue weighted by Gasteiger charge is -2.20. The highest BCUT2D eigenvalue weighted by molar-refractivity contribution is 14.0. The van der Waals surface area contributed by atoms with Gasteiger partial charge in [0.2, 0.25) is 0 Å². The van der Waals surface area contributed by atoms with Crippen molar-refractivity contribution in [1.82, 2.24) is 25.4 Å². The van der Waals surface area contributed by atoms with Crippen molar-refractivity contribution in [2.24, 2.45) is 12.0 Å². The summed E-state index contributed by atoms with van der Waals surface area (Å²) in [5.74, 6) is 1.89. The predicted molar refractivity (Wildman–Crippen MR) is 113 cm³/mol. The van der Waals surface area contributed by atoms with E-state index in [1.54, 1.807) is 10.7 Å². The fourth-order valence-electron chi connectivity index (χ4n) is 3.21. The summed E-state index contributed by atoms with van der Waals surface area (Å²) in [5.41, 5.74) is 3.58. The van der Waals surface area contributed by atoms with Crippen LogP contribution in [0, 0.1) is 0 Å². The Hall–Kier alpha value is -1.84. The number of benzene rings is 1. The summed E-state index contributed by atoms with van der Waals surface area (Å²) in [6, 6.07) is 3.85. The highest BCUT2D eigenvalue weighted by Gasteiger charge is 2.16. The van der Waals surface area contributed by atoms with Gasteiger partial charge in [0.05, 0.1) is 13.1 Å². The van der Waals surface area contributed by atoms with Crippen molar-refractivity contribution < 1.29 is 5.11 Å². The van der Waals surface area contributed by atoms with Crippen LogP contribution in [0.3, 0.4) is 0 Å². The molecule has 0 atom stereocenters. The van der Waals surface area contributed by atoms with E-state index in [4.69, 9.17) is 0 Å². The standard InChI is InChI=1S/C18H26N6O.HI/c1-3-19-18(21-11-17-22-12-23-24(17)2)20-10-15-14-7-5-4-6-13(14)8-9-16(15)25;/h8-9,12,25H,3-7,10-11H2,1-2H3,(H2,19,20,21);1H. The second-order valence-electron chi connectivity index (χ2n) is 6.26. The van der Waals surface area contributed by atoms with Crippen LogP contribution < -0.4 is 10.6 Å². The SMILES string of the molecule is CCNC(=NCc1c(O)ccc2c1CCCC2)NCc1ncnn1C.I. The van der Waals surface area contributed by atoms with Gasteiger partial charge in [-0.25, -0.2) is 9.98 Å². The Morgan fingerprint density at radius 1 is 1.27 bits per heavy atom. The zero-order valence-corrected chi connectivity index (χ0v) is 17.7. The summed E-state index contributed by atoms with van der Waals surface area (Å²) >= 11 is 0. The molecule has 0 amide bonds. The maximum absolute atomic E-state index is 10.3. The van der Waals surface area contributed by atoms with E-state index in [-0.39, 0.29) is 24.0 Å². The number of aromatic nitrogens is 3.